The zero-order valence-corrected chi connectivity index (χ0v) is 12.5. The van der Waals surface area contributed by atoms with Crippen molar-refractivity contribution < 1.29 is 18.0 Å². The summed E-state index contributed by atoms with van der Waals surface area (Å²) in [7, 11) is 0. The first kappa shape index (κ1) is 15.8. The van der Waals surface area contributed by atoms with Crippen LogP contribution in [0.15, 0.2) is 59.1 Å². The molecule has 2 aromatic rings. The van der Waals surface area contributed by atoms with Crippen molar-refractivity contribution >= 4 is 21.7 Å². The lowest BCUT2D eigenvalue weighted by atomic mass is 9.91. The summed E-state index contributed by atoms with van der Waals surface area (Å²) < 4.78 is 40.4. The van der Waals surface area contributed by atoms with Crippen LogP contribution in [0.5, 0.6) is 0 Å². The standard InChI is InChI=1S/C16H12BrF3O/c17-13-8-6-11(7-9-13)14(16(18,19)20)10-15(21)12-4-2-1-3-5-12/h1-9,14H,10H2. The van der Waals surface area contributed by atoms with Gasteiger partial charge in [0.15, 0.2) is 5.78 Å². The Labute approximate surface area is 128 Å². The summed E-state index contributed by atoms with van der Waals surface area (Å²) in [5.41, 5.74) is 0.388. The molecule has 0 saturated carbocycles. The van der Waals surface area contributed by atoms with Gasteiger partial charge in [-0.1, -0.05) is 58.4 Å². The van der Waals surface area contributed by atoms with Crippen molar-refractivity contribution in [3.63, 3.8) is 0 Å². The zero-order valence-electron chi connectivity index (χ0n) is 10.9. The number of Topliss-reactive ketones (excluding diaryl/α,β-unsaturated/α-hetero) is 1. The molecule has 0 aliphatic heterocycles. The maximum Gasteiger partial charge on any atom is 0.396 e. The normalized spacial score (nSPS) is 13.0. The number of rotatable bonds is 4. The van der Waals surface area contributed by atoms with Crippen molar-refractivity contribution in [1.82, 2.24) is 0 Å². The number of hydrogen-bond acceptors (Lipinski definition) is 1. The Morgan fingerprint density at radius 1 is 1.00 bits per heavy atom. The number of alkyl halides is 3. The summed E-state index contributed by atoms with van der Waals surface area (Å²) in [6.07, 6.45) is -5.05. The molecule has 0 aromatic heterocycles. The van der Waals surface area contributed by atoms with Gasteiger partial charge in [0, 0.05) is 16.5 Å². The van der Waals surface area contributed by atoms with Crippen molar-refractivity contribution in [2.24, 2.45) is 0 Å². The predicted octanol–water partition coefficient (Wildman–Crippen LogP) is 5.37. The molecule has 21 heavy (non-hydrogen) atoms. The molecule has 0 N–H and O–H groups in total. The maximum atomic E-state index is 13.2. The van der Waals surface area contributed by atoms with Gasteiger partial charge in [0.25, 0.3) is 0 Å². The first-order valence-corrected chi connectivity index (χ1v) is 7.07. The molecule has 0 aliphatic carbocycles. The van der Waals surface area contributed by atoms with E-state index >= 15 is 0 Å². The molecule has 2 aromatic carbocycles. The van der Waals surface area contributed by atoms with Crippen molar-refractivity contribution in [3.8, 4) is 0 Å². The zero-order chi connectivity index (χ0) is 15.5. The second-order valence-corrected chi connectivity index (χ2v) is 5.55. The van der Waals surface area contributed by atoms with E-state index in [1.54, 1.807) is 30.3 Å². The van der Waals surface area contributed by atoms with Gasteiger partial charge in [-0.2, -0.15) is 13.2 Å². The molecule has 0 bridgehead atoms. The van der Waals surface area contributed by atoms with Crippen molar-refractivity contribution in [2.75, 3.05) is 0 Å². The van der Waals surface area contributed by atoms with Crippen LogP contribution in [-0.2, 0) is 0 Å². The van der Waals surface area contributed by atoms with Crippen LogP contribution < -0.4 is 0 Å². The number of carbonyl (C=O) groups excluding carboxylic acids is 1. The summed E-state index contributed by atoms with van der Waals surface area (Å²) in [5.74, 6) is -2.31. The largest absolute Gasteiger partial charge is 0.396 e. The number of benzene rings is 2. The van der Waals surface area contributed by atoms with Crippen LogP contribution in [0.3, 0.4) is 0 Å². The fourth-order valence-corrected chi connectivity index (χ4v) is 2.31. The molecule has 1 atom stereocenters. The molecular weight excluding hydrogens is 345 g/mol. The molecule has 0 radical (unpaired) electrons. The van der Waals surface area contributed by atoms with Gasteiger partial charge in [0.1, 0.15) is 0 Å². The van der Waals surface area contributed by atoms with E-state index in [9.17, 15) is 18.0 Å². The first-order chi connectivity index (χ1) is 9.88. The molecule has 0 spiro atoms. The SMILES string of the molecule is O=C(CC(c1ccc(Br)cc1)C(F)(F)F)c1ccccc1. The van der Waals surface area contributed by atoms with E-state index in [-0.39, 0.29) is 5.56 Å². The lowest BCUT2D eigenvalue weighted by Gasteiger charge is -2.20. The van der Waals surface area contributed by atoms with Crippen LogP contribution in [0.4, 0.5) is 13.2 Å². The number of carbonyl (C=O) groups is 1. The smallest absolute Gasteiger partial charge is 0.294 e. The Bertz CT molecular complexity index is 606. The molecule has 0 heterocycles. The van der Waals surface area contributed by atoms with Crippen LogP contribution in [0.25, 0.3) is 0 Å². The van der Waals surface area contributed by atoms with Gasteiger partial charge in [0.2, 0.25) is 0 Å². The van der Waals surface area contributed by atoms with Gasteiger partial charge < -0.3 is 0 Å². The fraction of sp³-hybridized carbons (Fsp3) is 0.188. The summed E-state index contributed by atoms with van der Waals surface area (Å²) in [6, 6.07) is 13.9. The van der Waals surface area contributed by atoms with Crippen LogP contribution in [0.1, 0.15) is 28.3 Å². The summed E-state index contributed by atoms with van der Waals surface area (Å²) in [5, 5.41) is 0. The Morgan fingerprint density at radius 3 is 2.10 bits per heavy atom. The Hall–Kier alpha value is -1.62. The highest BCUT2D eigenvalue weighted by Gasteiger charge is 2.41. The Kier molecular flexibility index (Phi) is 4.83. The molecule has 0 aliphatic rings. The van der Waals surface area contributed by atoms with Crippen molar-refractivity contribution in [1.29, 1.82) is 0 Å². The van der Waals surface area contributed by atoms with E-state index in [0.29, 0.717) is 10.0 Å². The quantitative estimate of drug-likeness (QED) is 0.673. The summed E-state index contributed by atoms with van der Waals surface area (Å²) in [6.45, 7) is 0. The van der Waals surface area contributed by atoms with Gasteiger partial charge in [-0.3, -0.25) is 4.79 Å². The second-order valence-electron chi connectivity index (χ2n) is 4.64. The van der Waals surface area contributed by atoms with Crippen LogP contribution in [0, 0.1) is 0 Å². The van der Waals surface area contributed by atoms with Gasteiger partial charge >= 0.3 is 6.18 Å². The van der Waals surface area contributed by atoms with E-state index < -0.39 is 24.3 Å². The Balaban J connectivity index is 2.26. The monoisotopic (exact) mass is 356 g/mol. The first-order valence-electron chi connectivity index (χ1n) is 6.28. The predicted molar refractivity (Wildman–Crippen MR) is 78.3 cm³/mol. The summed E-state index contributed by atoms with van der Waals surface area (Å²) >= 11 is 3.18. The van der Waals surface area contributed by atoms with Crippen LogP contribution in [-0.4, -0.2) is 12.0 Å². The third kappa shape index (κ3) is 4.17. The average Bonchev–Trinajstić information content (AvgIpc) is 2.45. The molecule has 5 heteroatoms. The molecular formula is C16H12BrF3O. The molecule has 1 nitrogen and oxygen atoms in total. The molecule has 1 unspecified atom stereocenters. The molecule has 110 valence electrons. The third-order valence-electron chi connectivity index (χ3n) is 3.15. The van der Waals surface area contributed by atoms with E-state index in [1.807, 2.05) is 0 Å². The second kappa shape index (κ2) is 6.43. The van der Waals surface area contributed by atoms with Crippen LogP contribution in [0.2, 0.25) is 0 Å². The number of halogens is 4. The highest BCUT2D eigenvalue weighted by Crippen LogP contribution is 2.38. The van der Waals surface area contributed by atoms with Crippen molar-refractivity contribution in [2.45, 2.75) is 18.5 Å². The minimum Gasteiger partial charge on any atom is -0.294 e. The third-order valence-corrected chi connectivity index (χ3v) is 3.68. The van der Waals surface area contributed by atoms with E-state index in [2.05, 4.69) is 15.9 Å². The van der Waals surface area contributed by atoms with Gasteiger partial charge in [-0.05, 0) is 17.7 Å². The fourth-order valence-electron chi connectivity index (χ4n) is 2.04. The molecule has 0 amide bonds. The summed E-state index contributed by atoms with van der Waals surface area (Å²) in [4.78, 5) is 12.0. The van der Waals surface area contributed by atoms with E-state index in [0.717, 1.165) is 0 Å². The van der Waals surface area contributed by atoms with E-state index in [1.165, 1.54) is 24.3 Å². The average molecular weight is 357 g/mol. The Morgan fingerprint density at radius 2 is 1.57 bits per heavy atom. The molecule has 2 rings (SSSR count). The highest BCUT2D eigenvalue weighted by molar-refractivity contribution is 9.10. The van der Waals surface area contributed by atoms with Crippen LogP contribution >= 0.6 is 15.9 Å². The van der Waals surface area contributed by atoms with E-state index in [4.69, 9.17) is 0 Å². The lowest BCUT2D eigenvalue weighted by molar-refractivity contribution is -0.149. The minimum absolute atomic E-state index is 0.0926. The van der Waals surface area contributed by atoms with Crippen molar-refractivity contribution in [3.05, 3.63) is 70.2 Å². The van der Waals surface area contributed by atoms with Gasteiger partial charge in [-0.15, -0.1) is 0 Å². The van der Waals surface area contributed by atoms with Gasteiger partial charge in [0.05, 0.1) is 5.92 Å². The molecule has 0 fully saturated rings. The number of hydrogen-bond donors (Lipinski definition) is 0. The van der Waals surface area contributed by atoms with Gasteiger partial charge in [-0.25, -0.2) is 0 Å². The number of ketones is 1. The highest BCUT2D eigenvalue weighted by atomic mass is 79.9. The topological polar surface area (TPSA) is 17.1 Å². The lowest BCUT2D eigenvalue weighted by Crippen LogP contribution is -2.23. The maximum absolute atomic E-state index is 13.2. The minimum atomic E-state index is -4.46. The molecule has 0 saturated heterocycles.